The molecule has 7 nitrogen and oxygen atoms in total. The van der Waals surface area contributed by atoms with E-state index in [1.807, 2.05) is 25.1 Å². The fourth-order valence-corrected chi connectivity index (χ4v) is 4.45. The molecule has 0 bridgehead atoms. The lowest BCUT2D eigenvalue weighted by Gasteiger charge is -2.34. The number of fused-ring (bicyclic) bond motifs is 1. The number of piperidine rings is 1. The molecular formula is C25H32N4O3. The van der Waals surface area contributed by atoms with E-state index in [-0.39, 0.29) is 5.63 Å². The molecule has 0 saturated carbocycles. The van der Waals surface area contributed by atoms with Gasteiger partial charge in [-0.25, -0.2) is 14.8 Å². The second kappa shape index (κ2) is 9.69. The number of hydrogen-bond acceptors (Lipinski definition) is 7. The van der Waals surface area contributed by atoms with Gasteiger partial charge in [-0.1, -0.05) is 6.92 Å². The number of ether oxygens (including phenoxy) is 1. The van der Waals surface area contributed by atoms with Crippen LogP contribution in [0.25, 0.3) is 22.4 Å². The van der Waals surface area contributed by atoms with Gasteiger partial charge >= 0.3 is 5.63 Å². The molecule has 0 atom stereocenters. The molecule has 1 aliphatic heterocycles. The Bertz CT molecular complexity index is 1130. The number of aromatic nitrogens is 2. The minimum atomic E-state index is -0.373. The molecule has 3 heterocycles. The fraction of sp³-hybridized carbons (Fsp3) is 0.480. The molecule has 2 aromatic heterocycles. The first-order valence-electron chi connectivity index (χ1n) is 11.4. The summed E-state index contributed by atoms with van der Waals surface area (Å²) >= 11 is 0. The lowest BCUT2D eigenvalue weighted by molar-refractivity contribution is 0.313. The molecule has 0 amide bonds. The van der Waals surface area contributed by atoms with Crippen molar-refractivity contribution in [1.29, 1.82) is 0 Å². The van der Waals surface area contributed by atoms with Crippen LogP contribution in [0.3, 0.4) is 0 Å². The third kappa shape index (κ3) is 4.63. The van der Waals surface area contributed by atoms with Gasteiger partial charge in [-0.15, -0.1) is 0 Å². The maximum Gasteiger partial charge on any atom is 0.347 e. The van der Waals surface area contributed by atoms with Crippen LogP contribution in [-0.2, 0) is 6.42 Å². The number of aryl methyl sites for hydroxylation is 1. The normalized spacial score (nSPS) is 15.0. The van der Waals surface area contributed by atoms with E-state index in [9.17, 15) is 4.79 Å². The maximum absolute atomic E-state index is 12.9. The summed E-state index contributed by atoms with van der Waals surface area (Å²) in [6.07, 6.45) is 5.97. The number of benzene rings is 1. The first kappa shape index (κ1) is 22.3. The molecule has 0 N–H and O–H groups in total. The van der Waals surface area contributed by atoms with E-state index in [0.29, 0.717) is 29.0 Å². The number of anilines is 1. The Hall–Kier alpha value is -2.93. The van der Waals surface area contributed by atoms with Crippen molar-refractivity contribution in [2.75, 3.05) is 45.7 Å². The molecule has 1 aromatic carbocycles. The van der Waals surface area contributed by atoms with Crippen LogP contribution in [0.15, 0.2) is 39.7 Å². The fourth-order valence-electron chi connectivity index (χ4n) is 4.45. The summed E-state index contributed by atoms with van der Waals surface area (Å²) in [6.45, 7) is 5.00. The van der Waals surface area contributed by atoms with Crippen molar-refractivity contribution in [2.45, 2.75) is 32.6 Å². The summed E-state index contributed by atoms with van der Waals surface area (Å²) in [7, 11) is 5.87. The van der Waals surface area contributed by atoms with Crippen LogP contribution in [0.2, 0.25) is 0 Å². The highest BCUT2D eigenvalue weighted by molar-refractivity contribution is 5.84. The zero-order valence-electron chi connectivity index (χ0n) is 19.4. The first-order chi connectivity index (χ1) is 15.5. The molecule has 170 valence electrons. The largest absolute Gasteiger partial charge is 0.497 e. The number of hydrogen-bond donors (Lipinski definition) is 0. The molecular weight excluding hydrogens is 404 g/mol. The van der Waals surface area contributed by atoms with Crippen molar-refractivity contribution in [3.8, 4) is 17.2 Å². The second-order valence-electron chi connectivity index (χ2n) is 8.74. The average Bonchev–Trinajstić information content (AvgIpc) is 2.82. The number of methoxy groups -OCH3 is 1. The third-order valence-corrected chi connectivity index (χ3v) is 6.32. The van der Waals surface area contributed by atoms with Gasteiger partial charge in [-0.2, -0.15) is 0 Å². The topological polar surface area (TPSA) is 71.7 Å². The smallest absolute Gasteiger partial charge is 0.347 e. The van der Waals surface area contributed by atoms with Gasteiger partial charge in [-0.3, -0.25) is 0 Å². The van der Waals surface area contributed by atoms with Crippen LogP contribution >= 0.6 is 0 Å². The van der Waals surface area contributed by atoms with E-state index >= 15 is 0 Å². The van der Waals surface area contributed by atoms with Gasteiger partial charge in [-0.05, 0) is 76.0 Å². The van der Waals surface area contributed by atoms with Gasteiger partial charge in [0.25, 0.3) is 0 Å². The van der Waals surface area contributed by atoms with E-state index in [2.05, 4.69) is 28.9 Å². The number of rotatable bonds is 7. The monoisotopic (exact) mass is 436 g/mol. The van der Waals surface area contributed by atoms with Crippen LogP contribution in [0.5, 0.6) is 5.75 Å². The van der Waals surface area contributed by atoms with Crippen LogP contribution in [0.1, 0.15) is 31.7 Å². The van der Waals surface area contributed by atoms with E-state index in [1.165, 1.54) is 6.42 Å². The molecule has 1 fully saturated rings. The zero-order chi connectivity index (χ0) is 22.7. The molecule has 0 radical (unpaired) electrons. The SMILES string of the molecule is CCc1cc(OC)cc2nc(-c3cccnc3N3CCC(CCN(C)C)CC3)oc(=O)c12. The third-order valence-electron chi connectivity index (χ3n) is 6.32. The Morgan fingerprint density at radius 2 is 2.03 bits per heavy atom. The van der Waals surface area contributed by atoms with Crippen LogP contribution < -0.4 is 15.3 Å². The summed E-state index contributed by atoms with van der Waals surface area (Å²) in [4.78, 5) is 26.8. The zero-order valence-corrected chi connectivity index (χ0v) is 19.4. The lowest BCUT2D eigenvalue weighted by Crippen LogP contribution is -2.35. The Morgan fingerprint density at radius 3 is 2.72 bits per heavy atom. The number of pyridine rings is 1. The minimum absolute atomic E-state index is 0.302. The quantitative estimate of drug-likeness (QED) is 0.554. The predicted molar refractivity (Wildman–Crippen MR) is 128 cm³/mol. The highest BCUT2D eigenvalue weighted by atomic mass is 16.5. The van der Waals surface area contributed by atoms with Crippen molar-refractivity contribution in [1.82, 2.24) is 14.9 Å². The Balaban J connectivity index is 1.66. The minimum Gasteiger partial charge on any atom is -0.497 e. The molecule has 0 unspecified atom stereocenters. The van der Waals surface area contributed by atoms with Gasteiger partial charge in [0.15, 0.2) is 0 Å². The van der Waals surface area contributed by atoms with E-state index < -0.39 is 0 Å². The van der Waals surface area contributed by atoms with E-state index in [0.717, 1.165) is 55.3 Å². The standard InChI is InChI=1S/C25H32N4O3/c1-5-18-15-19(31-4)16-21-22(18)25(30)32-24(27-21)20-7-6-11-26-23(20)29-13-9-17(10-14-29)8-12-28(2)3/h6-7,11,15-17H,5,8-10,12-14H2,1-4H3. The molecule has 0 aliphatic carbocycles. The van der Waals surface area contributed by atoms with Gasteiger partial charge in [0, 0.05) is 25.4 Å². The highest BCUT2D eigenvalue weighted by Crippen LogP contribution is 2.32. The van der Waals surface area contributed by atoms with Crippen LogP contribution in [-0.4, -0.2) is 55.7 Å². The first-order valence-corrected chi connectivity index (χ1v) is 11.4. The average molecular weight is 437 g/mol. The van der Waals surface area contributed by atoms with Gasteiger partial charge < -0.3 is 19.0 Å². The van der Waals surface area contributed by atoms with Crippen molar-refractivity contribution in [3.05, 3.63) is 46.4 Å². The molecule has 7 heteroatoms. The van der Waals surface area contributed by atoms with E-state index in [1.54, 1.807) is 19.4 Å². The van der Waals surface area contributed by atoms with Crippen molar-refractivity contribution < 1.29 is 9.15 Å². The van der Waals surface area contributed by atoms with Crippen molar-refractivity contribution in [2.24, 2.45) is 5.92 Å². The molecule has 32 heavy (non-hydrogen) atoms. The summed E-state index contributed by atoms with van der Waals surface area (Å²) in [5.74, 6) is 2.55. The molecule has 1 aliphatic rings. The molecule has 1 saturated heterocycles. The van der Waals surface area contributed by atoms with Gasteiger partial charge in [0.1, 0.15) is 11.6 Å². The molecule has 3 aromatic rings. The Morgan fingerprint density at radius 1 is 1.25 bits per heavy atom. The maximum atomic E-state index is 12.9. The predicted octanol–water partition coefficient (Wildman–Crippen LogP) is 3.99. The van der Waals surface area contributed by atoms with Crippen molar-refractivity contribution in [3.63, 3.8) is 0 Å². The number of nitrogens with zero attached hydrogens (tertiary/aromatic N) is 4. The van der Waals surface area contributed by atoms with Gasteiger partial charge in [0.2, 0.25) is 5.89 Å². The molecule has 0 spiro atoms. The van der Waals surface area contributed by atoms with Crippen LogP contribution in [0, 0.1) is 5.92 Å². The summed E-state index contributed by atoms with van der Waals surface area (Å²) in [5.41, 5.74) is 1.84. The lowest BCUT2D eigenvalue weighted by atomic mass is 9.93. The van der Waals surface area contributed by atoms with Crippen molar-refractivity contribution >= 4 is 16.7 Å². The van der Waals surface area contributed by atoms with E-state index in [4.69, 9.17) is 14.1 Å². The van der Waals surface area contributed by atoms with Gasteiger partial charge in [0.05, 0.1) is 23.6 Å². The second-order valence-corrected chi connectivity index (χ2v) is 8.74. The Labute approximate surface area is 189 Å². The molecule has 4 rings (SSSR count). The highest BCUT2D eigenvalue weighted by Gasteiger charge is 2.24. The summed E-state index contributed by atoms with van der Waals surface area (Å²) in [6, 6.07) is 7.45. The summed E-state index contributed by atoms with van der Waals surface area (Å²) in [5, 5.41) is 0.518. The Kier molecular flexibility index (Phi) is 6.74. The van der Waals surface area contributed by atoms with Crippen LogP contribution in [0.4, 0.5) is 5.82 Å². The summed E-state index contributed by atoms with van der Waals surface area (Å²) < 4.78 is 11.1.